The Morgan fingerprint density at radius 3 is 1.05 bits per heavy atom. The van der Waals surface area contributed by atoms with Crippen molar-refractivity contribution in [3.63, 3.8) is 0 Å². The van der Waals surface area contributed by atoms with Crippen molar-refractivity contribution in [2.24, 2.45) is 0 Å². The molecule has 0 saturated carbocycles. The largest absolute Gasteiger partial charge is 0.756 e. The third-order valence-electron chi connectivity index (χ3n) is 15.2. The minimum atomic E-state index is -4.64. The summed E-state index contributed by atoms with van der Waals surface area (Å²) in [7, 11) is 1.17. The van der Waals surface area contributed by atoms with E-state index in [1.807, 2.05) is 21.1 Å². The third kappa shape index (κ3) is 63.4. The maximum atomic E-state index is 12.8. The summed E-state index contributed by atoms with van der Waals surface area (Å²) in [6.45, 7) is 4.25. The Hall–Kier alpha value is -1.77. The molecule has 0 heterocycles. The van der Waals surface area contributed by atoms with Gasteiger partial charge in [-0.25, -0.2) is 0 Å². The van der Waals surface area contributed by atoms with Crippen LogP contribution in [-0.4, -0.2) is 70.0 Å². The van der Waals surface area contributed by atoms with Gasteiger partial charge in [-0.3, -0.25) is 14.2 Å². The van der Waals surface area contributed by atoms with Crippen molar-refractivity contribution in [3.05, 3.63) is 36.5 Å². The van der Waals surface area contributed by atoms with E-state index >= 15 is 0 Å². The Morgan fingerprint density at radius 1 is 0.397 bits per heavy atom. The first kappa shape index (κ1) is 76.2. The molecule has 0 rings (SSSR count). The predicted molar refractivity (Wildman–Crippen MR) is 333 cm³/mol. The van der Waals surface area contributed by atoms with Crippen LogP contribution in [0.1, 0.15) is 335 Å². The Kier molecular flexibility index (Phi) is 58.5. The number of likely N-dealkylation sites (N-methyl/N-ethyl adjacent to an activating group) is 1. The van der Waals surface area contributed by atoms with E-state index in [-0.39, 0.29) is 32.0 Å². The monoisotopic (exact) mass is 1120 g/mol. The molecule has 0 radical (unpaired) electrons. The summed E-state index contributed by atoms with van der Waals surface area (Å²) in [6, 6.07) is 0. The molecule has 0 saturated heterocycles. The lowest BCUT2D eigenvalue weighted by molar-refractivity contribution is -0.870. The van der Waals surface area contributed by atoms with Gasteiger partial charge in [0.1, 0.15) is 19.8 Å². The number of nitrogens with zero attached hydrogens (tertiary/aromatic N) is 1. The van der Waals surface area contributed by atoms with E-state index < -0.39 is 26.5 Å². The molecule has 0 N–H and O–H groups in total. The Morgan fingerprint density at radius 2 is 0.692 bits per heavy atom. The second-order valence-corrected chi connectivity index (χ2v) is 25.6. The second kappa shape index (κ2) is 59.8. The van der Waals surface area contributed by atoms with Gasteiger partial charge in [0.25, 0.3) is 7.82 Å². The standard InChI is InChI=1S/C68H130NO8P/c1-6-8-10-12-14-16-18-20-22-24-26-27-28-29-30-31-32-33-34-35-36-37-38-39-40-41-43-44-46-48-50-52-54-56-58-60-67(70)74-64-66(65-76-78(72,73)75-63-62-69(3,4)5)77-68(71)61-59-57-55-53-51-49-47-45-42-25-23-21-19-17-15-13-11-9-7-2/h15,17,21,23,42,45,66H,6-14,16,18-20,22,24-41,43-44,46-65H2,1-5H3/b17-15-,23-21-,45-42-. The Labute approximate surface area is 484 Å². The molecule has 460 valence electrons. The summed E-state index contributed by atoms with van der Waals surface area (Å²) in [5, 5.41) is 0. The summed E-state index contributed by atoms with van der Waals surface area (Å²) in [5.74, 6) is -0.833. The molecule has 2 atom stereocenters. The van der Waals surface area contributed by atoms with Gasteiger partial charge in [0.15, 0.2) is 6.10 Å². The van der Waals surface area contributed by atoms with Crippen LogP contribution in [-0.2, 0) is 32.7 Å². The van der Waals surface area contributed by atoms with Gasteiger partial charge in [0, 0.05) is 12.8 Å². The van der Waals surface area contributed by atoms with Crippen LogP contribution in [0, 0.1) is 0 Å². The highest BCUT2D eigenvalue weighted by Crippen LogP contribution is 2.38. The van der Waals surface area contributed by atoms with Crippen molar-refractivity contribution in [1.82, 2.24) is 0 Å². The quantitative estimate of drug-likeness (QED) is 0.0195. The fourth-order valence-electron chi connectivity index (χ4n) is 9.96. The maximum Gasteiger partial charge on any atom is 0.306 e. The van der Waals surface area contributed by atoms with Crippen molar-refractivity contribution in [3.8, 4) is 0 Å². The van der Waals surface area contributed by atoms with Crippen molar-refractivity contribution < 1.29 is 42.1 Å². The second-order valence-electron chi connectivity index (χ2n) is 24.2. The average molecular weight is 1120 g/mol. The molecule has 0 spiro atoms. The molecule has 0 aliphatic rings. The molecule has 10 heteroatoms. The topological polar surface area (TPSA) is 111 Å². The van der Waals surface area contributed by atoms with Crippen molar-refractivity contribution >= 4 is 19.8 Å². The molecule has 0 amide bonds. The number of phosphoric ester groups is 1. The number of carbonyl (C=O) groups excluding carboxylic acids is 2. The molecule has 9 nitrogen and oxygen atoms in total. The summed E-state index contributed by atoms with van der Waals surface area (Å²) >= 11 is 0. The van der Waals surface area contributed by atoms with Crippen molar-refractivity contribution in [2.75, 3.05) is 47.5 Å². The number of allylic oxidation sites excluding steroid dienone is 6. The number of rotatable bonds is 63. The first-order chi connectivity index (χ1) is 38.0. The third-order valence-corrected chi connectivity index (χ3v) is 16.1. The van der Waals surface area contributed by atoms with Gasteiger partial charge in [0.2, 0.25) is 0 Å². The lowest BCUT2D eigenvalue weighted by Crippen LogP contribution is -2.37. The fraction of sp³-hybridized carbons (Fsp3) is 0.882. The predicted octanol–water partition coefficient (Wildman–Crippen LogP) is 20.9. The molecule has 2 unspecified atom stereocenters. The van der Waals surface area contributed by atoms with Crippen molar-refractivity contribution in [2.45, 2.75) is 341 Å². The zero-order valence-electron chi connectivity index (χ0n) is 52.4. The zero-order valence-corrected chi connectivity index (χ0v) is 53.3. The number of phosphoric acid groups is 1. The first-order valence-electron chi connectivity index (χ1n) is 33.7. The highest BCUT2D eigenvalue weighted by Gasteiger charge is 2.22. The van der Waals surface area contributed by atoms with Gasteiger partial charge >= 0.3 is 11.9 Å². The van der Waals surface area contributed by atoms with E-state index in [1.165, 1.54) is 231 Å². The highest BCUT2D eigenvalue weighted by atomic mass is 31.2. The summed E-state index contributed by atoms with van der Waals surface area (Å²) in [4.78, 5) is 37.9. The molecular formula is C68H130NO8P. The van der Waals surface area contributed by atoms with E-state index in [1.54, 1.807) is 0 Å². The fourth-order valence-corrected chi connectivity index (χ4v) is 10.7. The Bertz CT molecular complexity index is 1410. The minimum Gasteiger partial charge on any atom is -0.756 e. The smallest absolute Gasteiger partial charge is 0.306 e. The normalized spacial score (nSPS) is 13.4. The number of ether oxygens (including phenoxy) is 2. The van der Waals surface area contributed by atoms with E-state index in [2.05, 4.69) is 50.3 Å². The average Bonchev–Trinajstić information content (AvgIpc) is 3.41. The molecular weight excluding hydrogens is 990 g/mol. The molecule has 0 aromatic heterocycles. The molecule has 0 aromatic rings. The maximum absolute atomic E-state index is 12.8. The van der Waals surface area contributed by atoms with Crippen LogP contribution in [0.2, 0.25) is 0 Å². The Balaban J connectivity index is 3.95. The number of unbranched alkanes of at least 4 members (excludes halogenated alkanes) is 43. The molecule has 0 bridgehead atoms. The lowest BCUT2D eigenvalue weighted by Gasteiger charge is -2.28. The first-order valence-corrected chi connectivity index (χ1v) is 35.2. The van der Waals surface area contributed by atoms with Gasteiger partial charge in [-0.1, -0.05) is 307 Å². The van der Waals surface area contributed by atoms with Crippen LogP contribution < -0.4 is 4.89 Å². The van der Waals surface area contributed by atoms with E-state index in [0.29, 0.717) is 17.4 Å². The van der Waals surface area contributed by atoms with Gasteiger partial charge in [-0.15, -0.1) is 0 Å². The molecule has 0 aromatic carbocycles. The van der Waals surface area contributed by atoms with Gasteiger partial charge in [-0.05, 0) is 51.4 Å². The van der Waals surface area contributed by atoms with Gasteiger partial charge in [0.05, 0.1) is 27.7 Å². The lowest BCUT2D eigenvalue weighted by atomic mass is 10.0. The van der Waals surface area contributed by atoms with E-state index in [9.17, 15) is 19.0 Å². The van der Waals surface area contributed by atoms with E-state index in [0.717, 1.165) is 70.6 Å². The molecule has 0 fully saturated rings. The van der Waals surface area contributed by atoms with Crippen LogP contribution in [0.4, 0.5) is 0 Å². The van der Waals surface area contributed by atoms with Crippen molar-refractivity contribution in [1.29, 1.82) is 0 Å². The van der Waals surface area contributed by atoms with Crippen LogP contribution in [0.15, 0.2) is 36.5 Å². The summed E-state index contributed by atoms with van der Waals surface area (Å²) in [6.07, 6.45) is 75.2. The summed E-state index contributed by atoms with van der Waals surface area (Å²) in [5.41, 5.74) is 0. The van der Waals surface area contributed by atoms with Gasteiger partial charge < -0.3 is 27.9 Å². The van der Waals surface area contributed by atoms with E-state index in [4.69, 9.17) is 18.5 Å². The number of carbonyl (C=O) groups is 2. The number of esters is 2. The zero-order chi connectivity index (χ0) is 57.0. The van der Waals surface area contributed by atoms with Crippen LogP contribution in [0.5, 0.6) is 0 Å². The minimum absolute atomic E-state index is 0.0324. The molecule has 78 heavy (non-hydrogen) atoms. The molecule has 0 aliphatic carbocycles. The molecule has 0 aliphatic heterocycles. The summed E-state index contributed by atoms with van der Waals surface area (Å²) < 4.78 is 34.2. The highest BCUT2D eigenvalue weighted by molar-refractivity contribution is 7.45. The number of quaternary nitrogens is 1. The number of hydrogen-bond donors (Lipinski definition) is 0. The SMILES string of the molecule is CCCCC/C=C\C/C=C\C/C=C\CCCCCCCCC(=O)OC(COC(=O)CCCCCCCCCCCCCCCCCCCCCCCCCCCCCCCCCCCCC)COP(=O)([O-])OCC[N+](C)(C)C. The van der Waals surface area contributed by atoms with Crippen LogP contribution in [0.3, 0.4) is 0 Å². The number of hydrogen-bond acceptors (Lipinski definition) is 8. The van der Waals surface area contributed by atoms with Crippen LogP contribution in [0.25, 0.3) is 0 Å². The van der Waals surface area contributed by atoms with Gasteiger partial charge in [-0.2, -0.15) is 0 Å². The van der Waals surface area contributed by atoms with Crippen LogP contribution >= 0.6 is 7.82 Å².